The van der Waals surface area contributed by atoms with E-state index >= 15 is 0 Å². The highest BCUT2D eigenvalue weighted by atomic mass is 32.2. The highest BCUT2D eigenvalue weighted by molar-refractivity contribution is 7.98. The van der Waals surface area contributed by atoms with Crippen LogP contribution in [0, 0.1) is 0 Å². The van der Waals surface area contributed by atoms with Crippen LogP contribution >= 0.6 is 11.8 Å². The smallest absolute Gasteiger partial charge is 0.251 e. The number of thioether (sulfide) groups is 1. The first kappa shape index (κ1) is 15.0. The van der Waals surface area contributed by atoms with Crippen LogP contribution in [0.25, 0.3) is 0 Å². The van der Waals surface area contributed by atoms with Crippen molar-refractivity contribution >= 4 is 17.7 Å². The summed E-state index contributed by atoms with van der Waals surface area (Å²) in [5.74, 6) is 0.614. The Morgan fingerprint density at radius 3 is 2.94 bits per heavy atom. The zero-order valence-electron chi connectivity index (χ0n) is 11.0. The fourth-order valence-electron chi connectivity index (χ4n) is 1.64. The third-order valence-electron chi connectivity index (χ3n) is 2.73. The van der Waals surface area contributed by atoms with Crippen molar-refractivity contribution in [3.05, 3.63) is 18.5 Å². The second-order valence-corrected chi connectivity index (χ2v) is 4.97. The maximum Gasteiger partial charge on any atom is 0.251 e. The molecule has 18 heavy (non-hydrogen) atoms. The number of amides is 1. The van der Waals surface area contributed by atoms with E-state index in [-0.39, 0.29) is 5.91 Å². The van der Waals surface area contributed by atoms with Crippen LogP contribution in [0.3, 0.4) is 0 Å². The lowest BCUT2D eigenvalue weighted by molar-refractivity contribution is -0.140. The van der Waals surface area contributed by atoms with Gasteiger partial charge in [-0.3, -0.25) is 9.48 Å². The van der Waals surface area contributed by atoms with E-state index in [9.17, 15) is 9.90 Å². The highest BCUT2D eigenvalue weighted by Crippen LogP contribution is 2.04. The van der Waals surface area contributed by atoms with Crippen molar-refractivity contribution in [2.45, 2.75) is 26.0 Å². The fourth-order valence-corrected chi connectivity index (χ4v) is 2.10. The molecule has 0 aromatic carbocycles. The fraction of sp³-hybridized carbons (Fsp3) is 0.667. The van der Waals surface area contributed by atoms with E-state index in [0.29, 0.717) is 26.1 Å². The quantitative estimate of drug-likeness (QED) is 0.761. The summed E-state index contributed by atoms with van der Waals surface area (Å²) < 4.78 is 1.78. The minimum absolute atomic E-state index is 0.182. The summed E-state index contributed by atoms with van der Waals surface area (Å²) in [6.45, 7) is 3.76. The molecular formula is C12H21N3O2S. The number of hydrogen-bond acceptors (Lipinski definition) is 4. The molecule has 5 nitrogen and oxygen atoms in total. The maximum atomic E-state index is 12.0. The topological polar surface area (TPSA) is 58.4 Å². The van der Waals surface area contributed by atoms with Gasteiger partial charge in [0, 0.05) is 25.5 Å². The van der Waals surface area contributed by atoms with Gasteiger partial charge in [-0.05, 0) is 31.4 Å². The van der Waals surface area contributed by atoms with E-state index in [1.165, 1.54) is 0 Å². The van der Waals surface area contributed by atoms with Crippen LogP contribution in [0.4, 0.5) is 0 Å². The summed E-state index contributed by atoms with van der Waals surface area (Å²) in [4.78, 5) is 13.6. The lowest BCUT2D eigenvalue weighted by Gasteiger charge is -2.23. The van der Waals surface area contributed by atoms with Gasteiger partial charge in [-0.25, -0.2) is 0 Å². The summed E-state index contributed by atoms with van der Waals surface area (Å²) in [7, 11) is 0. The third kappa shape index (κ3) is 4.70. The molecule has 0 aliphatic carbocycles. The molecule has 1 aromatic heterocycles. The molecule has 1 rings (SSSR count). The molecule has 1 atom stereocenters. The third-order valence-corrected chi connectivity index (χ3v) is 3.38. The molecule has 0 bridgehead atoms. The van der Waals surface area contributed by atoms with E-state index < -0.39 is 6.10 Å². The van der Waals surface area contributed by atoms with Crippen LogP contribution < -0.4 is 0 Å². The summed E-state index contributed by atoms with van der Waals surface area (Å²) in [5.41, 5.74) is 0. The van der Waals surface area contributed by atoms with Crippen LogP contribution in [-0.4, -0.2) is 56.9 Å². The molecule has 0 saturated heterocycles. The lowest BCUT2D eigenvalue weighted by Crippen LogP contribution is -2.41. The van der Waals surface area contributed by atoms with Gasteiger partial charge in [0.15, 0.2) is 0 Å². The van der Waals surface area contributed by atoms with Gasteiger partial charge in [0.05, 0.1) is 6.54 Å². The number of aliphatic hydroxyl groups is 1. The van der Waals surface area contributed by atoms with Crippen LogP contribution in [0.15, 0.2) is 18.5 Å². The number of aromatic nitrogens is 2. The first-order valence-corrected chi connectivity index (χ1v) is 7.51. The number of rotatable bonds is 8. The normalized spacial score (nSPS) is 12.4. The molecule has 1 aromatic rings. The Labute approximate surface area is 112 Å². The summed E-state index contributed by atoms with van der Waals surface area (Å²) in [6.07, 6.45) is 5.17. The predicted octanol–water partition coefficient (Wildman–Crippen LogP) is 0.846. The number of nitrogens with zero attached hydrogens (tertiary/aromatic N) is 3. The number of aliphatic hydroxyl groups excluding tert-OH is 1. The number of carbonyl (C=O) groups is 1. The first-order valence-electron chi connectivity index (χ1n) is 6.12. The highest BCUT2D eigenvalue weighted by Gasteiger charge is 2.20. The maximum absolute atomic E-state index is 12.0. The van der Waals surface area contributed by atoms with Crippen LogP contribution in [0.1, 0.15) is 13.3 Å². The van der Waals surface area contributed by atoms with E-state index in [2.05, 4.69) is 5.10 Å². The molecule has 0 unspecified atom stereocenters. The standard InChI is InChI=1S/C12H21N3O2S/c1-3-14(8-9-15-7-4-6-13-15)12(17)11(16)5-10-18-2/h4,6-7,11,16H,3,5,8-10H2,1-2H3/t11-/m0/s1. The van der Waals surface area contributed by atoms with Gasteiger partial charge >= 0.3 is 0 Å². The Balaban J connectivity index is 2.41. The molecule has 102 valence electrons. The molecule has 0 fully saturated rings. The second kappa shape index (κ2) is 8.16. The van der Waals surface area contributed by atoms with E-state index in [1.54, 1.807) is 27.5 Å². The summed E-state index contributed by atoms with van der Waals surface area (Å²) >= 11 is 1.63. The van der Waals surface area contributed by atoms with Gasteiger partial charge in [0.2, 0.25) is 0 Å². The predicted molar refractivity (Wildman–Crippen MR) is 73.5 cm³/mol. The Hall–Kier alpha value is -1.01. The molecule has 0 spiro atoms. The van der Waals surface area contributed by atoms with Gasteiger partial charge in [0.25, 0.3) is 5.91 Å². The average Bonchev–Trinajstić information content (AvgIpc) is 2.89. The van der Waals surface area contributed by atoms with Crippen molar-refractivity contribution in [2.24, 2.45) is 0 Å². The monoisotopic (exact) mass is 271 g/mol. The van der Waals surface area contributed by atoms with Crippen molar-refractivity contribution in [3.63, 3.8) is 0 Å². The van der Waals surface area contributed by atoms with Crippen molar-refractivity contribution in [3.8, 4) is 0 Å². The van der Waals surface area contributed by atoms with Crippen LogP contribution in [0.5, 0.6) is 0 Å². The first-order chi connectivity index (χ1) is 8.69. The van der Waals surface area contributed by atoms with Gasteiger partial charge in [-0.1, -0.05) is 0 Å². The van der Waals surface area contributed by atoms with Crippen molar-refractivity contribution in [1.29, 1.82) is 0 Å². The number of carbonyl (C=O) groups excluding carboxylic acids is 1. The molecule has 1 amide bonds. The SMILES string of the molecule is CCN(CCn1cccn1)C(=O)[C@@H](O)CCSC. The van der Waals surface area contributed by atoms with E-state index in [0.717, 1.165) is 5.75 Å². The molecule has 6 heteroatoms. The molecule has 0 radical (unpaired) electrons. The van der Waals surface area contributed by atoms with Crippen molar-refractivity contribution < 1.29 is 9.90 Å². The Kier molecular flexibility index (Phi) is 6.82. The zero-order valence-corrected chi connectivity index (χ0v) is 11.8. The zero-order chi connectivity index (χ0) is 13.4. The van der Waals surface area contributed by atoms with Crippen molar-refractivity contribution in [2.75, 3.05) is 25.1 Å². The minimum atomic E-state index is -0.880. The summed E-state index contributed by atoms with van der Waals surface area (Å²) in [6, 6.07) is 1.85. The second-order valence-electron chi connectivity index (χ2n) is 3.98. The number of likely N-dealkylation sites (N-methyl/N-ethyl adjacent to an activating group) is 1. The largest absolute Gasteiger partial charge is 0.383 e. The minimum Gasteiger partial charge on any atom is -0.383 e. The summed E-state index contributed by atoms with van der Waals surface area (Å²) in [5, 5.41) is 13.9. The van der Waals surface area contributed by atoms with Gasteiger partial charge in [0.1, 0.15) is 6.10 Å². The Morgan fingerprint density at radius 2 is 2.39 bits per heavy atom. The molecule has 0 saturated carbocycles. The average molecular weight is 271 g/mol. The molecule has 0 aliphatic heterocycles. The Morgan fingerprint density at radius 1 is 1.61 bits per heavy atom. The number of hydrogen-bond donors (Lipinski definition) is 1. The van der Waals surface area contributed by atoms with Gasteiger partial charge in [-0.2, -0.15) is 16.9 Å². The Bertz CT molecular complexity index is 343. The van der Waals surface area contributed by atoms with Crippen molar-refractivity contribution in [1.82, 2.24) is 14.7 Å². The van der Waals surface area contributed by atoms with Crippen LogP contribution in [-0.2, 0) is 11.3 Å². The van der Waals surface area contributed by atoms with E-state index in [4.69, 9.17) is 0 Å². The molecule has 1 N–H and O–H groups in total. The van der Waals surface area contributed by atoms with Gasteiger partial charge in [-0.15, -0.1) is 0 Å². The van der Waals surface area contributed by atoms with Crippen LogP contribution in [0.2, 0.25) is 0 Å². The lowest BCUT2D eigenvalue weighted by atomic mass is 10.2. The van der Waals surface area contributed by atoms with Gasteiger partial charge < -0.3 is 10.0 Å². The van der Waals surface area contributed by atoms with E-state index in [1.807, 2.05) is 25.4 Å². The molecule has 1 heterocycles. The molecule has 0 aliphatic rings. The molecular weight excluding hydrogens is 250 g/mol.